The molecule has 1 aromatic heterocycles. The standard InChI is InChI=1S/C25H26N2O9/c1-12-7-14(22-26-16-9-15(33-5)10-17(34-6)20(16)23(30)27-22)8-13(2)21(12)35-18(28)11-19(29)36-25(3,4)24(31)32/h7-10H,11H2,1-6H3,(H,31,32)(H,26,27,30). The van der Waals surface area contributed by atoms with Crippen molar-refractivity contribution >= 4 is 28.8 Å². The number of aliphatic carboxylic acids is 1. The predicted molar refractivity (Wildman–Crippen MR) is 128 cm³/mol. The first kappa shape index (κ1) is 26.2. The molecule has 0 aliphatic heterocycles. The first-order chi connectivity index (χ1) is 16.9. The highest BCUT2D eigenvalue weighted by atomic mass is 16.6. The third-order valence-electron chi connectivity index (χ3n) is 5.32. The number of ether oxygens (including phenoxy) is 4. The zero-order valence-corrected chi connectivity index (χ0v) is 20.7. The summed E-state index contributed by atoms with van der Waals surface area (Å²) >= 11 is 0. The first-order valence-corrected chi connectivity index (χ1v) is 10.8. The minimum atomic E-state index is -1.78. The Morgan fingerprint density at radius 2 is 1.64 bits per heavy atom. The number of fused-ring (bicyclic) bond motifs is 1. The zero-order valence-electron chi connectivity index (χ0n) is 20.7. The third-order valence-corrected chi connectivity index (χ3v) is 5.32. The van der Waals surface area contributed by atoms with Crippen molar-refractivity contribution in [2.24, 2.45) is 0 Å². The number of aryl methyl sites for hydroxylation is 2. The highest BCUT2D eigenvalue weighted by molar-refractivity contribution is 5.94. The number of methoxy groups -OCH3 is 2. The van der Waals surface area contributed by atoms with Crippen LogP contribution in [0, 0.1) is 13.8 Å². The number of hydrogen-bond donors (Lipinski definition) is 2. The van der Waals surface area contributed by atoms with E-state index in [2.05, 4.69) is 9.97 Å². The van der Waals surface area contributed by atoms with Gasteiger partial charge in [0.15, 0.2) is 0 Å². The van der Waals surface area contributed by atoms with Crippen LogP contribution in [-0.2, 0) is 19.1 Å². The highest BCUT2D eigenvalue weighted by Crippen LogP contribution is 2.32. The average molecular weight is 498 g/mol. The molecule has 0 saturated carbocycles. The minimum Gasteiger partial charge on any atom is -0.497 e. The molecule has 2 aromatic carbocycles. The van der Waals surface area contributed by atoms with Crippen molar-refractivity contribution in [2.45, 2.75) is 39.7 Å². The number of carbonyl (C=O) groups is 3. The lowest BCUT2D eigenvalue weighted by Gasteiger charge is -2.19. The van der Waals surface area contributed by atoms with Gasteiger partial charge in [-0.2, -0.15) is 0 Å². The van der Waals surface area contributed by atoms with Crippen LogP contribution in [0.3, 0.4) is 0 Å². The molecular formula is C25H26N2O9. The molecule has 0 atom stereocenters. The Morgan fingerprint density at radius 3 is 2.19 bits per heavy atom. The van der Waals surface area contributed by atoms with Crippen LogP contribution in [0.5, 0.6) is 17.2 Å². The van der Waals surface area contributed by atoms with E-state index < -0.39 is 35.5 Å². The van der Waals surface area contributed by atoms with Crippen molar-refractivity contribution in [2.75, 3.05) is 14.2 Å². The number of aromatic nitrogens is 2. The second-order valence-corrected chi connectivity index (χ2v) is 8.52. The van der Waals surface area contributed by atoms with Crippen molar-refractivity contribution in [3.8, 4) is 28.6 Å². The van der Waals surface area contributed by atoms with Crippen LogP contribution in [0.25, 0.3) is 22.3 Å². The summed E-state index contributed by atoms with van der Waals surface area (Å²) in [5, 5.41) is 9.32. The normalized spacial score (nSPS) is 11.2. The molecule has 0 amide bonds. The van der Waals surface area contributed by atoms with Gasteiger partial charge in [0.1, 0.15) is 34.9 Å². The fourth-order valence-electron chi connectivity index (χ4n) is 3.51. The molecule has 11 nitrogen and oxygen atoms in total. The molecule has 2 N–H and O–H groups in total. The Morgan fingerprint density at radius 1 is 1.00 bits per heavy atom. The summed E-state index contributed by atoms with van der Waals surface area (Å²) in [5.41, 5.74) is -0.148. The van der Waals surface area contributed by atoms with Crippen LogP contribution in [-0.4, -0.2) is 52.8 Å². The van der Waals surface area contributed by atoms with Crippen molar-refractivity contribution in [3.63, 3.8) is 0 Å². The van der Waals surface area contributed by atoms with Crippen molar-refractivity contribution in [1.29, 1.82) is 0 Å². The monoisotopic (exact) mass is 498 g/mol. The van der Waals surface area contributed by atoms with E-state index in [1.165, 1.54) is 28.1 Å². The van der Waals surface area contributed by atoms with Crippen LogP contribution in [0.4, 0.5) is 0 Å². The van der Waals surface area contributed by atoms with Crippen LogP contribution < -0.4 is 19.8 Å². The van der Waals surface area contributed by atoms with E-state index in [0.717, 1.165) is 0 Å². The molecule has 0 radical (unpaired) electrons. The second kappa shape index (κ2) is 10.1. The average Bonchev–Trinajstić information content (AvgIpc) is 2.79. The van der Waals surface area contributed by atoms with Crippen LogP contribution in [0.15, 0.2) is 29.1 Å². The summed E-state index contributed by atoms with van der Waals surface area (Å²) in [4.78, 5) is 55.5. The lowest BCUT2D eigenvalue weighted by atomic mass is 10.0. The number of aromatic amines is 1. The Hall–Kier alpha value is -4.41. The second-order valence-electron chi connectivity index (χ2n) is 8.52. The molecule has 3 rings (SSSR count). The van der Waals surface area contributed by atoms with Crippen LogP contribution >= 0.6 is 0 Å². The number of H-pyrrole nitrogens is 1. The molecule has 0 saturated heterocycles. The fourth-order valence-corrected chi connectivity index (χ4v) is 3.51. The van der Waals surface area contributed by atoms with Gasteiger partial charge < -0.3 is 29.0 Å². The van der Waals surface area contributed by atoms with Crippen LogP contribution in [0.1, 0.15) is 31.4 Å². The molecule has 0 bridgehead atoms. The summed E-state index contributed by atoms with van der Waals surface area (Å²) in [6, 6.07) is 6.55. The molecular weight excluding hydrogens is 472 g/mol. The number of nitrogens with one attached hydrogen (secondary N) is 1. The van der Waals surface area contributed by atoms with Gasteiger partial charge in [0, 0.05) is 17.7 Å². The lowest BCUT2D eigenvalue weighted by molar-refractivity contribution is -0.175. The summed E-state index contributed by atoms with van der Waals surface area (Å²) < 4.78 is 20.7. The number of benzene rings is 2. The topological polar surface area (TPSA) is 154 Å². The molecule has 0 unspecified atom stereocenters. The molecule has 36 heavy (non-hydrogen) atoms. The molecule has 0 fully saturated rings. The van der Waals surface area contributed by atoms with Gasteiger partial charge in [0.2, 0.25) is 5.60 Å². The Bertz CT molecular complexity index is 1400. The van der Waals surface area contributed by atoms with E-state index >= 15 is 0 Å². The minimum absolute atomic E-state index is 0.223. The van der Waals surface area contributed by atoms with Gasteiger partial charge in [-0.25, -0.2) is 9.78 Å². The summed E-state index contributed by atoms with van der Waals surface area (Å²) in [5.74, 6) is -1.97. The molecule has 3 aromatic rings. The smallest absolute Gasteiger partial charge is 0.347 e. The van der Waals surface area contributed by atoms with E-state index in [4.69, 9.17) is 24.1 Å². The maximum absolute atomic E-state index is 12.8. The number of nitrogens with zero attached hydrogens (tertiary/aromatic N) is 1. The van der Waals surface area contributed by atoms with E-state index in [1.807, 2.05) is 0 Å². The molecule has 190 valence electrons. The number of carboxylic acids is 1. The Labute approximate surface area is 206 Å². The number of esters is 2. The van der Waals surface area contributed by atoms with Crippen molar-refractivity contribution in [3.05, 3.63) is 45.7 Å². The van der Waals surface area contributed by atoms with E-state index in [0.29, 0.717) is 33.7 Å². The molecule has 0 spiro atoms. The van der Waals surface area contributed by atoms with E-state index in [-0.39, 0.29) is 17.0 Å². The maximum atomic E-state index is 12.8. The lowest BCUT2D eigenvalue weighted by Crippen LogP contribution is -2.37. The highest BCUT2D eigenvalue weighted by Gasteiger charge is 2.32. The molecule has 0 aliphatic carbocycles. The number of hydrogen-bond acceptors (Lipinski definition) is 9. The molecule has 11 heteroatoms. The predicted octanol–water partition coefficient (Wildman–Crippen LogP) is 2.93. The summed E-state index contributed by atoms with van der Waals surface area (Å²) in [6.07, 6.45) is -0.763. The van der Waals surface area contributed by atoms with Gasteiger partial charge in [0.25, 0.3) is 5.56 Å². The summed E-state index contributed by atoms with van der Waals surface area (Å²) in [6.45, 7) is 5.78. The third kappa shape index (κ3) is 5.45. The van der Waals surface area contributed by atoms with Gasteiger partial charge in [-0.05, 0) is 51.0 Å². The van der Waals surface area contributed by atoms with Gasteiger partial charge in [-0.15, -0.1) is 0 Å². The fraction of sp³-hybridized carbons (Fsp3) is 0.320. The molecule has 1 heterocycles. The van der Waals surface area contributed by atoms with Gasteiger partial charge in [0.05, 0.1) is 19.7 Å². The SMILES string of the molecule is COc1cc(OC)c2c(=O)[nH]c(-c3cc(C)c(OC(=O)CC(=O)OC(C)(C)C(=O)O)c(C)c3)nc2c1. The van der Waals surface area contributed by atoms with Gasteiger partial charge in [-0.1, -0.05) is 0 Å². The largest absolute Gasteiger partial charge is 0.497 e. The summed E-state index contributed by atoms with van der Waals surface area (Å²) in [7, 11) is 2.94. The molecule has 0 aliphatic rings. The Balaban J connectivity index is 1.89. The van der Waals surface area contributed by atoms with Crippen molar-refractivity contribution < 1.29 is 38.4 Å². The number of rotatable bonds is 8. The quantitative estimate of drug-likeness (QED) is 0.269. The maximum Gasteiger partial charge on any atom is 0.347 e. The van der Waals surface area contributed by atoms with E-state index in [9.17, 15) is 19.2 Å². The zero-order chi connectivity index (χ0) is 26.8. The number of carboxylic acid groups (broad SMARTS) is 1. The van der Waals surface area contributed by atoms with Gasteiger partial charge in [-0.3, -0.25) is 14.4 Å². The van der Waals surface area contributed by atoms with E-state index in [1.54, 1.807) is 38.1 Å². The first-order valence-electron chi connectivity index (χ1n) is 10.8. The number of carbonyl (C=O) groups excluding carboxylic acids is 2. The van der Waals surface area contributed by atoms with Gasteiger partial charge >= 0.3 is 17.9 Å². The van der Waals surface area contributed by atoms with Crippen LogP contribution in [0.2, 0.25) is 0 Å². The van der Waals surface area contributed by atoms with Crippen molar-refractivity contribution in [1.82, 2.24) is 9.97 Å². The Kier molecular flexibility index (Phi) is 7.32.